The van der Waals surface area contributed by atoms with E-state index in [1.165, 1.54) is 0 Å². The molecule has 8 heteroatoms. The van der Waals surface area contributed by atoms with Gasteiger partial charge in [-0.2, -0.15) is 0 Å². The lowest BCUT2D eigenvalue weighted by atomic mass is 10.0. The Kier molecular flexibility index (Phi) is 5.03. The number of aromatic amines is 1. The van der Waals surface area contributed by atoms with Crippen LogP contribution in [0.2, 0.25) is 0 Å². The quantitative estimate of drug-likeness (QED) is 0.835. The Morgan fingerprint density at radius 1 is 1.19 bits per heavy atom. The van der Waals surface area contributed by atoms with Crippen molar-refractivity contribution in [2.24, 2.45) is 0 Å². The van der Waals surface area contributed by atoms with Crippen LogP contribution in [0.5, 0.6) is 0 Å². The predicted molar refractivity (Wildman–Crippen MR) is 101 cm³/mol. The largest absolute Gasteiger partial charge is 0.367 e. The van der Waals surface area contributed by atoms with Crippen molar-refractivity contribution in [3.63, 3.8) is 0 Å². The van der Waals surface area contributed by atoms with Gasteiger partial charge in [0, 0.05) is 51.5 Å². The van der Waals surface area contributed by atoms with E-state index in [9.17, 15) is 4.79 Å². The zero-order valence-electron chi connectivity index (χ0n) is 15.3. The summed E-state index contributed by atoms with van der Waals surface area (Å²) >= 11 is 0. The minimum atomic E-state index is 0.273. The van der Waals surface area contributed by atoms with Crippen LogP contribution < -0.4 is 5.32 Å². The highest BCUT2D eigenvalue weighted by molar-refractivity contribution is 5.86. The van der Waals surface area contributed by atoms with Gasteiger partial charge in [-0.1, -0.05) is 0 Å². The van der Waals surface area contributed by atoms with E-state index in [1.807, 2.05) is 17.2 Å². The molecule has 2 aromatic heterocycles. The average Bonchev–Trinajstić information content (AvgIpc) is 3.14. The molecule has 2 fully saturated rings. The summed E-state index contributed by atoms with van der Waals surface area (Å²) in [6.07, 6.45) is 5.51. The lowest BCUT2D eigenvalue weighted by molar-refractivity contribution is -0.134. The number of nitrogens with one attached hydrogen (secondary N) is 2. The molecule has 4 heterocycles. The predicted octanol–water partition coefficient (Wildman–Crippen LogP) is 0.608. The van der Waals surface area contributed by atoms with Gasteiger partial charge in [0.2, 0.25) is 5.91 Å². The van der Waals surface area contributed by atoms with E-state index in [0.29, 0.717) is 12.6 Å². The first-order chi connectivity index (χ1) is 12.7. The molecule has 0 saturated carbocycles. The number of likely N-dealkylation sites (tertiary alicyclic amines) is 1. The fourth-order valence-corrected chi connectivity index (χ4v) is 3.76. The summed E-state index contributed by atoms with van der Waals surface area (Å²) in [5.74, 6) is 1.16. The van der Waals surface area contributed by atoms with Gasteiger partial charge < -0.3 is 20.1 Å². The van der Waals surface area contributed by atoms with Gasteiger partial charge in [-0.05, 0) is 26.0 Å². The number of carbonyl (C=O) groups is 1. The number of hydrogen-bond acceptors (Lipinski definition) is 6. The number of rotatable bonds is 4. The molecule has 0 aliphatic carbocycles. The number of likely N-dealkylation sites (N-methyl/N-ethyl adjacent to an activating group) is 1. The number of amides is 1. The summed E-state index contributed by atoms with van der Waals surface area (Å²) in [6, 6.07) is 2.39. The highest BCUT2D eigenvalue weighted by atomic mass is 16.2. The van der Waals surface area contributed by atoms with Crippen molar-refractivity contribution >= 4 is 22.8 Å². The Bertz CT molecular complexity index is 745. The Hall–Kier alpha value is -2.19. The maximum Gasteiger partial charge on any atom is 0.236 e. The smallest absolute Gasteiger partial charge is 0.236 e. The van der Waals surface area contributed by atoms with Crippen LogP contribution in [0.3, 0.4) is 0 Å². The van der Waals surface area contributed by atoms with Crippen LogP contribution in [0, 0.1) is 0 Å². The zero-order chi connectivity index (χ0) is 17.9. The maximum absolute atomic E-state index is 12.5. The standard InChI is InChI=1S/C18H27N7O/c1-23-8-10-25(11-9-23)16(26)12-24-6-3-14(4-7-24)22-18-15-2-5-19-17(15)20-13-21-18/h2,5,13-14H,3-4,6-12H2,1H3,(H2,19,20,21,22). The van der Waals surface area contributed by atoms with Crippen LogP contribution in [0.1, 0.15) is 12.8 Å². The van der Waals surface area contributed by atoms with E-state index >= 15 is 0 Å². The summed E-state index contributed by atoms with van der Waals surface area (Å²) in [5.41, 5.74) is 0.859. The molecule has 2 saturated heterocycles. The summed E-state index contributed by atoms with van der Waals surface area (Å²) in [4.78, 5) is 30.8. The first-order valence-electron chi connectivity index (χ1n) is 9.42. The number of hydrogen-bond donors (Lipinski definition) is 2. The number of H-pyrrole nitrogens is 1. The van der Waals surface area contributed by atoms with Crippen molar-refractivity contribution in [3.05, 3.63) is 18.6 Å². The van der Waals surface area contributed by atoms with Crippen molar-refractivity contribution in [2.75, 3.05) is 58.2 Å². The number of aromatic nitrogens is 3. The Balaban J connectivity index is 1.26. The fourth-order valence-electron chi connectivity index (χ4n) is 3.76. The number of carbonyl (C=O) groups excluding carboxylic acids is 1. The topological polar surface area (TPSA) is 80.4 Å². The molecule has 0 atom stereocenters. The molecule has 140 valence electrons. The molecule has 2 aliphatic heterocycles. The lowest BCUT2D eigenvalue weighted by Gasteiger charge is -2.36. The molecular weight excluding hydrogens is 330 g/mol. The third kappa shape index (κ3) is 3.81. The molecule has 26 heavy (non-hydrogen) atoms. The summed E-state index contributed by atoms with van der Waals surface area (Å²) < 4.78 is 0. The van der Waals surface area contributed by atoms with Gasteiger partial charge in [-0.3, -0.25) is 9.69 Å². The van der Waals surface area contributed by atoms with Gasteiger partial charge >= 0.3 is 0 Å². The number of piperazine rings is 1. The minimum absolute atomic E-state index is 0.273. The van der Waals surface area contributed by atoms with Gasteiger partial charge in [0.1, 0.15) is 17.8 Å². The van der Waals surface area contributed by atoms with E-state index < -0.39 is 0 Å². The van der Waals surface area contributed by atoms with Crippen LogP contribution in [0.25, 0.3) is 11.0 Å². The molecule has 2 aliphatic rings. The molecule has 0 spiro atoms. The third-order valence-corrected chi connectivity index (χ3v) is 5.50. The van der Waals surface area contributed by atoms with E-state index in [4.69, 9.17) is 0 Å². The first-order valence-corrected chi connectivity index (χ1v) is 9.42. The Morgan fingerprint density at radius 3 is 2.73 bits per heavy atom. The number of fused-ring (bicyclic) bond motifs is 1. The van der Waals surface area contributed by atoms with Gasteiger partial charge in [0.05, 0.1) is 11.9 Å². The Morgan fingerprint density at radius 2 is 1.96 bits per heavy atom. The minimum Gasteiger partial charge on any atom is -0.367 e. The second-order valence-corrected chi connectivity index (χ2v) is 7.34. The summed E-state index contributed by atoms with van der Waals surface area (Å²) in [5, 5.41) is 4.58. The average molecular weight is 357 g/mol. The molecule has 0 aromatic carbocycles. The molecular formula is C18H27N7O. The van der Waals surface area contributed by atoms with Crippen molar-refractivity contribution in [1.29, 1.82) is 0 Å². The van der Waals surface area contributed by atoms with Gasteiger partial charge in [0.25, 0.3) is 0 Å². The van der Waals surface area contributed by atoms with Crippen molar-refractivity contribution in [2.45, 2.75) is 18.9 Å². The first kappa shape index (κ1) is 17.2. The maximum atomic E-state index is 12.5. The normalized spacial score (nSPS) is 20.6. The third-order valence-electron chi connectivity index (χ3n) is 5.50. The number of piperidine rings is 1. The molecule has 0 bridgehead atoms. The second kappa shape index (κ2) is 7.59. The van der Waals surface area contributed by atoms with Crippen molar-refractivity contribution in [3.8, 4) is 0 Å². The van der Waals surface area contributed by atoms with Crippen molar-refractivity contribution in [1.82, 2.24) is 29.7 Å². The molecule has 0 unspecified atom stereocenters. The van der Waals surface area contributed by atoms with Gasteiger partial charge in [-0.15, -0.1) is 0 Å². The lowest BCUT2D eigenvalue weighted by Crippen LogP contribution is -2.51. The monoisotopic (exact) mass is 357 g/mol. The number of nitrogens with zero attached hydrogens (tertiary/aromatic N) is 5. The van der Waals surface area contributed by atoms with Gasteiger partial charge in [0.15, 0.2) is 0 Å². The highest BCUT2D eigenvalue weighted by Gasteiger charge is 2.25. The molecule has 0 radical (unpaired) electrons. The zero-order valence-corrected chi connectivity index (χ0v) is 15.3. The molecule has 8 nitrogen and oxygen atoms in total. The van der Waals surface area contributed by atoms with Crippen molar-refractivity contribution < 1.29 is 4.79 Å². The van der Waals surface area contributed by atoms with E-state index in [2.05, 4.69) is 37.1 Å². The molecule has 4 rings (SSSR count). The van der Waals surface area contributed by atoms with Crippen LogP contribution >= 0.6 is 0 Å². The van der Waals surface area contributed by atoms with Gasteiger partial charge in [-0.25, -0.2) is 9.97 Å². The van der Waals surface area contributed by atoms with Crippen LogP contribution in [-0.2, 0) is 4.79 Å². The summed E-state index contributed by atoms with van der Waals surface area (Å²) in [7, 11) is 2.11. The fraction of sp³-hybridized carbons (Fsp3) is 0.611. The molecule has 1 amide bonds. The molecule has 2 N–H and O–H groups in total. The Labute approximate surface area is 153 Å². The van der Waals surface area contributed by atoms with Crippen LogP contribution in [-0.4, -0.2) is 94.5 Å². The SMILES string of the molecule is CN1CCN(C(=O)CN2CCC(Nc3ncnc4[nH]ccc34)CC2)CC1. The van der Waals surface area contributed by atoms with Crippen LogP contribution in [0.15, 0.2) is 18.6 Å². The number of anilines is 1. The van der Waals surface area contributed by atoms with E-state index in [0.717, 1.165) is 69.0 Å². The van der Waals surface area contributed by atoms with E-state index in [-0.39, 0.29) is 5.91 Å². The van der Waals surface area contributed by atoms with E-state index in [1.54, 1.807) is 6.33 Å². The summed E-state index contributed by atoms with van der Waals surface area (Å²) in [6.45, 7) is 6.10. The highest BCUT2D eigenvalue weighted by Crippen LogP contribution is 2.21. The second-order valence-electron chi connectivity index (χ2n) is 7.34. The van der Waals surface area contributed by atoms with Crippen LogP contribution in [0.4, 0.5) is 5.82 Å². The molecule has 2 aromatic rings.